The normalized spacial score (nSPS) is 10.8. The number of halogens is 1. The molecule has 116 valence electrons. The van der Waals surface area contributed by atoms with Crippen molar-refractivity contribution in [3.63, 3.8) is 0 Å². The van der Waals surface area contributed by atoms with Gasteiger partial charge in [-0.1, -0.05) is 12.1 Å². The highest BCUT2D eigenvalue weighted by molar-refractivity contribution is 7.98. The summed E-state index contributed by atoms with van der Waals surface area (Å²) in [5, 5.41) is 0.698. The number of carbonyl (C=O) groups is 1. The Morgan fingerprint density at radius 2 is 1.95 bits per heavy atom. The molecule has 0 bridgehead atoms. The van der Waals surface area contributed by atoms with Gasteiger partial charge in [-0.25, -0.2) is 9.37 Å². The third kappa shape index (κ3) is 4.07. The number of nitrogens with zero attached hydrogens (tertiary/aromatic N) is 2. The number of benzene rings is 1. The summed E-state index contributed by atoms with van der Waals surface area (Å²) in [4.78, 5) is 18.5. The Bertz CT molecular complexity index is 643. The first-order chi connectivity index (χ1) is 10.5. The number of rotatable bonds is 5. The highest BCUT2D eigenvalue weighted by Gasteiger charge is 2.18. The van der Waals surface area contributed by atoms with Crippen LogP contribution in [0.15, 0.2) is 47.6 Å². The van der Waals surface area contributed by atoms with Crippen molar-refractivity contribution in [3.8, 4) is 0 Å². The molecule has 0 aliphatic carbocycles. The SMILES string of the molecule is CC(C)N(C)C(=O)c1cccnc1SCc1ccc(F)cc1. The van der Waals surface area contributed by atoms with Crippen molar-refractivity contribution in [1.82, 2.24) is 9.88 Å². The molecule has 22 heavy (non-hydrogen) atoms. The zero-order valence-electron chi connectivity index (χ0n) is 12.9. The minimum atomic E-state index is -0.249. The van der Waals surface area contributed by atoms with Crippen molar-refractivity contribution in [2.75, 3.05) is 7.05 Å². The third-order valence-corrected chi connectivity index (χ3v) is 4.46. The average Bonchev–Trinajstić information content (AvgIpc) is 2.53. The van der Waals surface area contributed by atoms with Gasteiger partial charge in [0.25, 0.3) is 5.91 Å². The first kappa shape index (κ1) is 16.5. The van der Waals surface area contributed by atoms with Crippen LogP contribution in [0.1, 0.15) is 29.8 Å². The monoisotopic (exact) mass is 318 g/mol. The van der Waals surface area contributed by atoms with E-state index >= 15 is 0 Å². The van der Waals surface area contributed by atoms with E-state index in [4.69, 9.17) is 0 Å². The molecule has 0 radical (unpaired) electrons. The van der Waals surface area contributed by atoms with Crippen LogP contribution in [0.25, 0.3) is 0 Å². The second kappa shape index (κ2) is 7.40. The Balaban J connectivity index is 2.14. The van der Waals surface area contributed by atoms with Gasteiger partial charge in [0.2, 0.25) is 0 Å². The third-order valence-electron chi connectivity index (χ3n) is 3.39. The van der Waals surface area contributed by atoms with E-state index in [0.717, 1.165) is 5.56 Å². The molecule has 0 spiro atoms. The van der Waals surface area contributed by atoms with E-state index in [-0.39, 0.29) is 17.8 Å². The first-order valence-electron chi connectivity index (χ1n) is 7.08. The summed E-state index contributed by atoms with van der Waals surface area (Å²) in [6, 6.07) is 10.0. The summed E-state index contributed by atoms with van der Waals surface area (Å²) in [7, 11) is 1.79. The van der Waals surface area contributed by atoms with Gasteiger partial charge < -0.3 is 4.90 Å². The van der Waals surface area contributed by atoms with Crippen LogP contribution in [0.4, 0.5) is 4.39 Å². The number of amides is 1. The fourth-order valence-corrected chi connectivity index (χ4v) is 2.77. The summed E-state index contributed by atoms with van der Waals surface area (Å²) in [6.07, 6.45) is 1.68. The van der Waals surface area contributed by atoms with Gasteiger partial charge in [0.15, 0.2) is 0 Å². The first-order valence-corrected chi connectivity index (χ1v) is 8.07. The topological polar surface area (TPSA) is 33.2 Å². The standard InChI is InChI=1S/C17H19FN2OS/c1-12(2)20(3)17(21)15-5-4-10-19-16(15)22-11-13-6-8-14(18)9-7-13/h4-10,12H,11H2,1-3H3. The molecular weight excluding hydrogens is 299 g/mol. The quantitative estimate of drug-likeness (QED) is 0.782. The average molecular weight is 318 g/mol. The molecular formula is C17H19FN2OS. The fourth-order valence-electron chi connectivity index (χ4n) is 1.83. The van der Waals surface area contributed by atoms with E-state index in [1.807, 2.05) is 13.8 Å². The molecule has 0 saturated heterocycles. The molecule has 0 aliphatic heterocycles. The van der Waals surface area contributed by atoms with Gasteiger partial charge in [-0.3, -0.25) is 4.79 Å². The van der Waals surface area contributed by atoms with Gasteiger partial charge in [-0.2, -0.15) is 0 Å². The van der Waals surface area contributed by atoms with E-state index in [0.29, 0.717) is 16.3 Å². The number of hydrogen-bond acceptors (Lipinski definition) is 3. The predicted molar refractivity (Wildman–Crippen MR) is 87.4 cm³/mol. The van der Waals surface area contributed by atoms with Gasteiger partial charge in [0.05, 0.1) is 5.56 Å². The molecule has 1 aromatic heterocycles. The Morgan fingerprint density at radius 3 is 2.59 bits per heavy atom. The van der Waals surface area contributed by atoms with Crippen molar-refractivity contribution < 1.29 is 9.18 Å². The number of hydrogen-bond donors (Lipinski definition) is 0. The zero-order chi connectivity index (χ0) is 16.1. The van der Waals surface area contributed by atoms with Crippen molar-refractivity contribution in [1.29, 1.82) is 0 Å². The largest absolute Gasteiger partial charge is 0.339 e. The number of carbonyl (C=O) groups excluding carboxylic acids is 1. The molecule has 1 heterocycles. The number of pyridine rings is 1. The van der Waals surface area contributed by atoms with E-state index in [9.17, 15) is 9.18 Å². The molecule has 2 aromatic rings. The van der Waals surface area contributed by atoms with Crippen LogP contribution in [0, 0.1) is 5.82 Å². The molecule has 0 aliphatic rings. The van der Waals surface area contributed by atoms with Gasteiger partial charge in [-0.05, 0) is 43.7 Å². The molecule has 0 fully saturated rings. The van der Waals surface area contributed by atoms with Crippen LogP contribution in [-0.2, 0) is 5.75 Å². The predicted octanol–water partition coefficient (Wildman–Crippen LogP) is 3.99. The van der Waals surface area contributed by atoms with Gasteiger partial charge >= 0.3 is 0 Å². The minimum Gasteiger partial charge on any atom is -0.339 e. The Labute approximate surface area is 134 Å². The number of aromatic nitrogens is 1. The van der Waals surface area contributed by atoms with E-state index in [1.165, 1.54) is 23.9 Å². The van der Waals surface area contributed by atoms with Crippen LogP contribution < -0.4 is 0 Å². The Kier molecular flexibility index (Phi) is 5.55. The lowest BCUT2D eigenvalue weighted by Crippen LogP contribution is -2.33. The molecule has 3 nitrogen and oxygen atoms in total. The Morgan fingerprint density at radius 1 is 1.27 bits per heavy atom. The lowest BCUT2D eigenvalue weighted by atomic mass is 10.2. The maximum Gasteiger partial charge on any atom is 0.256 e. The second-order valence-electron chi connectivity index (χ2n) is 5.28. The van der Waals surface area contributed by atoms with Gasteiger partial charge in [0, 0.05) is 25.0 Å². The van der Waals surface area contributed by atoms with Crippen LogP contribution in [0.2, 0.25) is 0 Å². The van der Waals surface area contributed by atoms with E-state index < -0.39 is 0 Å². The lowest BCUT2D eigenvalue weighted by Gasteiger charge is -2.22. The molecule has 0 unspecified atom stereocenters. The van der Waals surface area contributed by atoms with Crippen LogP contribution in [0.5, 0.6) is 0 Å². The number of thioether (sulfide) groups is 1. The summed E-state index contributed by atoms with van der Waals surface area (Å²) < 4.78 is 12.9. The van der Waals surface area contributed by atoms with Crippen LogP contribution in [-0.4, -0.2) is 28.9 Å². The van der Waals surface area contributed by atoms with Crippen molar-refractivity contribution in [2.24, 2.45) is 0 Å². The molecule has 0 N–H and O–H groups in total. The highest BCUT2D eigenvalue weighted by Crippen LogP contribution is 2.25. The summed E-state index contributed by atoms with van der Waals surface area (Å²) >= 11 is 1.48. The lowest BCUT2D eigenvalue weighted by molar-refractivity contribution is 0.0750. The van der Waals surface area contributed by atoms with Gasteiger partial charge in [-0.15, -0.1) is 11.8 Å². The maximum atomic E-state index is 12.9. The smallest absolute Gasteiger partial charge is 0.256 e. The molecule has 1 amide bonds. The molecule has 0 atom stereocenters. The summed E-state index contributed by atoms with van der Waals surface area (Å²) in [5.41, 5.74) is 1.60. The fraction of sp³-hybridized carbons (Fsp3) is 0.294. The van der Waals surface area contributed by atoms with Gasteiger partial charge in [0.1, 0.15) is 10.8 Å². The van der Waals surface area contributed by atoms with Crippen LogP contribution in [0.3, 0.4) is 0 Å². The van der Waals surface area contributed by atoms with Crippen molar-refractivity contribution in [2.45, 2.75) is 30.7 Å². The van der Waals surface area contributed by atoms with Crippen molar-refractivity contribution >= 4 is 17.7 Å². The summed E-state index contributed by atoms with van der Waals surface area (Å²) in [6.45, 7) is 3.94. The highest BCUT2D eigenvalue weighted by atomic mass is 32.2. The zero-order valence-corrected chi connectivity index (χ0v) is 13.7. The van der Waals surface area contributed by atoms with Crippen LogP contribution >= 0.6 is 11.8 Å². The molecule has 0 saturated carbocycles. The van der Waals surface area contributed by atoms with E-state index in [1.54, 1.807) is 42.4 Å². The van der Waals surface area contributed by atoms with Crippen molar-refractivity contribution in [3.05, 3.63) is 59.5 Å². The second-order valence-corrected chi connectivity index (χ2v) is 6.25. The van der Waals surface area contributed by atoms with E-state index in [2.05, 4.69) is 4.98 Å². The Hall–Kier alpha value is -1.88. The summed E-state index contributed by atoms with van der Waals surface area (Å²) in [5.74, 6) is 0.355. The minimum absolute atomic E-state index is 0.0373. The maximum absolute atomic E-state index is 12.9. The molecule has 2 rings (SSSR count). The molecule has 1 aromatic carbocycles. The molecule has 5 heteroatoms.